The molecule has 5 nitrogen and oxygen atoms in total. The molecule has 0 fully saturated rings. The number of unbranched alkanes of at least 4 members (excludes halogenated alkanes) is 1. The highest BCUT2D eigenvalue weighted by molar-refractivity contribution is 5.90. The highest BCUT2D eigenvalue weighted by Gasteiger charge is 2.25. The maximum atomic E-state index is 11.4. The maximum absolute atomic E-state index is 11.4. The van der Waals surface area contributed by atoms with Crippen LogP contribution < -0.4 is 11.1 Å². The number of carbonyl (C=O) groups is 1. The van der Waals surface area contributed by atoms with E-state index >= 15 is 0 Å². The third-order valence-corrected chi connectivity index (χ3v) is 4.15. The Morgan fingerprint density at radius 3 is 2.70 bits per heavy atom. The summed E-state index contributed by atoms with van der Waals surface area (Å²) in [4.78, 5) is 20.1. The summed E-state index contributed by atoms with van der Waals surface area (Å²) < 4.78 is 0. The third-order valence-electron chi connectivity index (χ3n) is 4.15. The second kappa shape index (κ2) is 7.40. The smallest absolute Gasteiger partial charge is 0.222 e. The number of fused-ring (bicyclic) bond motifs is 1. The van der Waals surface area contributed by atoms with E-state index in [0.717, 1.165) is 42.4 Å². The lowest BCUT2D eigenvalue weighted by molar-refractivity contribution is -0.117. The van der Waals surface area contributed by atoms with Crippen LogP contribution in [0.4, 0.5) is 11.8 Å². The zero-order valence-electron chi connectivity index (χ0n) is 14.2. The van der Waals surface area contributed by atoms with E-state index in [-0.39, 0.29) is 17.3 Å². The van der Waals surface area contributed by atoms with Crippen molar-refractivity contribution in [2.24, 2.45) is 0 Å². The molecule has 124 valence electrons. The van der Waals surface area contributed by atoms with Crippen LogP contribution in [0.3, 0.4) is 0 Å². The lowest BCUT2D eigenvalue weighted by Gasteiger charge is -2.32. The minimum atomic E-state index is -0.189. The van der Waals surface area contributed by atoms with Gasteiger partial charge in [0.25, 0.3) is 0 Å². The van der Waals surface area contributed by atoms with E-state index < -0.39 is 0 Å². The summed E-state index contributed by atoms with van der Waals surface area (Å²) in [6.07, 6.45) is 4.53. The summed E-state index contributed by atoms with van der Waals surface area (Å²) >= 11 is 0. The topological polar surface area (TPSA) is 80.9 Å². The van der Waals surface area contributed by atoms with E-state index in [1.165, 1.54) is 0 Å². The number of ketones is 1. The van der Waals surface area contributed by atoms with Gasteiger partial charge < -0.3 is 15.8 Å². The van der Waals surface area contributed by atoms with E-state index in [0.29, 0.717) is 6.42 Å². The lowest BCUT2D eigenvalue weighted by atomic mass is 9.88. The minimum absolute atomic E-state index is 0.189. The summed E-state index contributed by atoms with van der Waals surface area (Å²) in [5, 5.41) is 4.50. The van der Waals surface area contributed by atoms with Crippen LogP contribution in [0.15, 0.2) is 24.3 Å². The molecule has 2 rings (SSSR count). The van der Waals surface area contributed by atoms with Crippen molar-refractivity contribution in [3.05, 3.63) is 24.3 Å². The Morgan fingerprint density at radius 2 is 2.00 bits per heavy atom. The van der Waals surface area contributed by atoms with Crippen molar-refractivity contribution in [2.75, 3.05) is 11.1 Å². The molecule has 1 atom stereocenters. The van der Waals surface area contributed by atoms with Gasteiger partial charge in [-0.2, -0.15) is 4.98 Å². The molecule has 0 bridgehead atoms. The van der Waals surface area contributed by atoms with Gasteiger partial charge in [0.1, 0.15) is 11.6 Å². The van der Waals surface area contributed by atoms with Crippen LogP contribution in [-0.4, -0.2) is 21.3 Å². The molecule has 0 aliphatic rings. The highest BCUT2D eigenvalue weighted by Crippen LogP contribution is 2.29. The first-order valence-electron chi connectivity index (χ1n) is 8.23. The SMILES string of the molecule is CCCC[C@](C)(CCC(C)=O)Nc1nc(N)nc2ccccc12. The molecule has 23 heavy (non-hydrogen) atoms. The molecule has 0 saturated heterocycles. The summed E-state index contributed by atoms with van der Waals surface area (Å²) in [6, 6.07) is 7.82. The Bertz CT molecular complexity index is 686. The van der Waals surface area contributed by atoms with E-state index in [1.54, 1.807) is 6.92 Å². The zero-order valence-corrected chi connectivity index (χ0v) is 14.2. The van der Waals surface area contributed by atoms with Crippen molar-refractivity contribution in [3.63, 3.8) is 0 Å². The van der Waals surface area contributed by atoms with Crippen molar-refractivity contribution in [1.29, 1.82) is 0 Å². The van der Waals surface area contributed by atoms with Gasteiger partial charge in [0.05, 0.1) is 5.52 Å². The number of nitrogens with one attached hydrogen (secondary N) is 1. The number of Topliss-reactive ketones (excluding diaryl/α,β-unsaturated/α-hetero) is 1. The standard InChI is InChI=1S/C18H26N4O/c1-4-5-11-18(3,12-10-13(2)23)22-16-14-8-6-7-9-15(14)20-17(19)21-16/h6-9H,4-5,10-12H2,1-3H3,(H3,19,20,21,22)/t18-/m1/s1. The van der Waals surface area contributed by atoms with Gasteiger partial charge in [0.15, 0.2) is 0 Å². The van der Waals surface area contributed by atoms with Crippen LogP contribution in [0.5, 0.6) is 0 Å². The van der Waals surface area contributed by atoms with Crippen LogP contribution >= 0.6 is 0 Å². The predicted octanol–water partition coefficient (Wildman–Crippen LogP) is 3.94. The Hall–Kier alpha value is -2.17. The number of nitrogens with zero attached hydrogens (tertiary/aromatic N) is 2. The fraction of sp³-hybridized carbons (Fsp3) is 0.500. The summed E-state index contributed by atoms with van der Waals surface area (Å²) in [7, 11) is 0. The molecule has 0 spiro atoms. The maximum Gasteiger partial charge on any atom is 0.222 e. The van der Waals surface area contributed by atoms with Crippen LogP contribution in [-0.2, 0) is 4.79 Å². The average molecular weight is 314 g/mol. The number of rotatable bonds is 8. The monoisotopic (exact) mass is 314 g/mol. The Balaban J connectivity index is 2.33. The third kappa shape index (κ3) is 4.65. The number of carbonyl (C=O) groups excluding carboxylic acids is 1. The van der Waals surface area contributed by atoms with Crippen molar-refractivity contribution >= 4 is 28.5 Å². The first kappa shape index (κ1) is 17.2. The number of nitrogens with two attached hydrogens (primary N) is 1. The number of hydrogen-bond donors (Lipinski definition) is 2. The van der Waals surface area contributed by atoms with Crippen molar-refractivity contribution < 1.29 is 4.79 Å². The number of anilines is 2. The zero-order chi connectivity index (χ0) is 16.9. The van der Waals surface area contributed by atoms with Crippen LogP contribution in [0, 0.1) is 0 Å². The first-order chi connectivity index (χ1) is 10.9. The van der Waals surface area contributed by atoms with E-state index in [4.69, 9.17) is 5.73 Å². The van der Waals surface area contributed by atoms with Crippen LogP contribution in [0.1, 0.15) is 52.9 Å². The molecule has 0 unspecified atom stereocenters. The molecule has 2 aromatic rings. The average Bonchev–Trinajstić information content (AvgIpc) is 2.51. The number of aromatic nitrogens is 2. The van der Waals surface area contributed by atoms with Gasteiger partial charge in [-0.25, -0.2) is 4.98 Å². The van der Waals surface area contributed by atoms with Gasteiger partial charge >= 0.3 is 0 Å². The molecular formula is C18H26N4O. The molecular weight excluding hydrogens is 288 g/mol. The second-order valence-electron chi connectivity index (χ2n) is 6.44. The second-order valence-corrected chi connectivity index (χ2v) is 6.44. The highest BCUT2D eigenvalue weighted by atomic mass is 16.1. The van der Waals surface area contributed by atoms with Crippen LogP contribution in [0.25, 0.3) is 10.9 Å². The molecule has 5 heteroatoms. The normalized spacial score (nSPS) is 13.7. The predicted molar refractivity (Wildman–Crippen MR) is 95.4 cm³/mol. The molecule has 0 aliphatic carbocycles. The Morgan fingerprint density at radius 1 is 1.26 bits per heavy atom. The number of para-hydroxylation sites is 1. The minimum Gasteiger partial charge on any atom is -0.368 e. The fourth-order valence-electron chi connectivity index (χ4n) is 2.74. The summed E-state index contributed by atoms with van der Waals surface area (Å²) in [5.74, 6) is 1.22. The fourth-order valence-corrected chi connectivity index (χ4v) is 2.74. The number of hydrogen-bond acceptors (Lipinski definition) is 5. The largest absolute Gasteiger partial charge is 0.368 e. The molecule has 1 aromatic carbocycles. The van der Waals surface area contributed by atoms with Gasteiger partial charge in [-0.1, -0.05) is 31.9 Å². The molecule has 0 radical (unpaired) electrons. The first-order valence-corrected chi connectivity index (χ1v) is 8.23. The van der Waals surface area contributed by atoms with Crippen LogP contribution in [0.2, 0.25) is 0 Å². The Labute approximate surface area is 137 Å². The Kier molecular flexibility index (Phi) is 5.53. The quantitative estimate of drug-likeness (QED) is 0.771. The van der Waals surface area contributed by atoms with E-state index in [9.17, 15) is 4.79 Å². The molecule has 0 saturated carbocycles. The molecule has 1 aromatic heterocycles. The van der Waals surface area contributed by atoms with E-state index in [2.05, 4.69) is 29.1 Å². The number of benzene rings is 1. The summed E-state index contributed by atoms with van der Waals surface area (Å²) in [6.45, 7) is 5.96. The van der Waals surface area contributed by atoms with Gasteiger partial charge in [-0.05, 0) is 38.8 Å². The molecule has 1 heterocycles. The van der Waals surface area contributed by atoms with Gasteiger partial charge in [0.2, 0.25) is 5.95 Å². The molecule has 3 N–H and O–H groups in total. The van der Waals surface area contributed by atoms with Crippen molar-refractivity contribution in [2.45, 2.75) is 58.4 Å². The van der Waals surface area contributed by atoms with Crippen molar-refractivity contribution in [1.82, 2.24) is 9.97 Å². The molecule has 0 aliphatic heterocycles. The van der Waals surface area contributed by atoms with Gasteiger partial charge in [-0.15, -0.1) is 0 Å². The summed E-state index contributed by atoms with van der Waals surface area (Å²) in [5.41, 5.74) is 6.49. The lowest BCUT2D eigenvalue weighted by Crippen LogP contribution is -2.36. The van der Waals surface area contributed by atoms with E-state index in [1.807, 2.05) is 24.3 Å². The van der Waals surface area contributed by atoms with Gasteiger partial charge in [0, 0.05) is 17.3 Å². The number of nitrogen functional groups attached to an aromatic ring is 1. The molecule has 0 amide bonds. The van der Waals surface area contributed by atoms with Gasteiger partial charge in [-0.3, -0.25) is 0 Å². The van der Waals surface area contributed by atoms with Crippen molar-refractivity contribution in [3.8, 4) is 0 Å².